The molecular weight excluding hydrogens is 308 g/mol. The molecule has 1 aromatic heterocycles. The molecule has 0 aliphatic carbocycles. The number of rotatable bonds is 2. The van der Waals surface area contributed by atoms with Gasteiger partial charge in [0, 0.05) is 31.5 Å². The molecule has 2 aliphatic rings. The van der Waals surface area contributed by atoms with Crippen molar-refractivity contribution in [3.8, 4) is 0 Å². The standard InChI is InChI=1S/C21H20N4/c1-2-7-18-15-24(13-10-16(18)5-1)21-22-12-9-20(23-21)25-14-11-17-6-3-4-8-19(17)25/h1-9,12H,10-11,13-15H2. The molecule has 0 radical (unpaired) electrons. The molecule has 0 N–H and O–H groups in total. The van der Waals surface area contributed by atoms with Gasteiger partial charge in [-0.15, -0.1) is 0 Å². The predicted octanol–water partition coefficient (Wildman–Crippen LogP) is 3.73. The second-order valence-corrected chi connectivity index (χ2v) is 6.69. The number of nitrogens with zero attached hydrogens (tertiary/aromatic N) is 4. The lowest BCUT2D eigenvalue weighted by atomic mass is 10.0. The van der Waals surface area contributed by atoms with E-state index in [1.807, 2.05) is 12.3 Å². The molecule has 4 heteroatoms. The Bertz CT molecular complexity index is 921. The molecule has 5 rings (SSSR count). The van der Waals surface area contributed by atoms with Gasteiger partial charge in [0.25, 0.3) is 0 Å². The highest BCUT2D eigenvalue weighted by Crippen LogP contribution is 2.33. The SMILES string of the molecule is c1ccc2c(c1)CCN(c1nccc(N3CCc4ccccc43)n1)C2. The Labute approximate surface area is 147 Å². The predicted molar refractivity (Wildman–Crippen MR) is 100 cm³/mol. The number of anilines is 3. The fraction of sp³-hybridized carbons (Fsp3) is 0.238. The molecule has 2 aliphatic heterocycles. The van der Waals surface area contributed by atoms with Crippen LogP contribution in [0.15, 0.2) is 60.8 Å². The van der Waals surface area contributed by atoms with Crippen molar-refractivity contribution in [1.82, 2.24) is 9.97 Å². The van der Waals surface area contributed by atoms with E-state index in [-0.39, 0.29) is 0 Å². The van der Waals surface area contributed by atoms with Gasteiger partial charge in [-0.05, 0) is 41.7 Å². The van der Waals surface area contributed by atoms with Crippen LogP contribution in [0.1, 0.15) is 16.7 Å². The average molecular weight is 328 g/mol. The van der Waals surface area contributed by atoms with Crippen molar-refractivity contribution in [3.63, 3.8) is 0 Å². The van der Waals surface area contributed by atoms with Gasteiger partial charge >= 0.3 is 0 Å². The van der Waals surface area contributed by atoms with E-state index in [9.17, 15) is 0 Å². The summed E-state index contributed by atoms with van der Waals surface area (Å²) in [6, 6.07) is 19.3. The second-order valence-electron chi connectivity index (χ2n) is 6.69. The van der Waals surface area contributed by atoms with Crippen LogP contribution in [0.3, 0.4) is 0 Å². The van der Waals surface area contributed by atoms with Crippen molar-refractivity contribution in [1.29, 1.82) is 0 Å². The first-order valence-corrected chi connectivity index (χ1v) is 8.89. The average Bonchev–Trinajstić information content (AvgIpc) is 3.12. The van der Waals surface area contributed by atoms with E-state index in [0.717, 1.165) is 44.2 Å². The van der Waals surface area contributed by atoms with Crippen LogP contribution in [-0.4, -0.2) is 23.1 Å². The molecule has 2 aromatic carbocycles. The third-order valence-corrected chi connectivity index (χ3v) is 5.21. The van der Waals surface area contributed by atoms with Gasteiger partial charge in [-0.3, -0.25) is 0 Å². The van der Waals surface area contributed by atoms with Crippen LogP contribution in [0.4, 0.5) is 17.5 Å². The van der Waals surface area contributed by atoms with Crippen LogP contribution < -0.4 is 9.80 Å². The summed E-state index contributed by atoms with van der Waals surface area (Å²) in [5.74, 6) is 1.82. The van der Waals surface area contributed by atoms with Gasteiger partial charge in [-0.2, -0.15) is 4.98 Å². The lowest BCUT2D eigenvalue weighted by Crippen LogP contribution is -2.32. The van der Waals surface area contributed by atoms with Crippen LogP contribution in [0.5, 0.6) is 0 Å². The highest BCUT2D eigenvalue weighted by Gasteiger charge is 2.23. The first kappa shape index (κ1) is 14.5. The fourth-order valence-electron chi connectivity index (χ4n) is 3.88. The summed E-state index contributed by atoms with van der Waals surface area (Å²) in [4.78, 5) is 14.0. The Balaban J connectivity index is 1.45. The molecule has 0 bridgehead atoms. The molecule has 0 saturated carbocycles. The molecule has 0 spiro atoms. The lowest BCUT2D eigenvalue weighted by molar-refractivity contribution is 0.707. The molecule has 3 heterocycles. The van der Waals surface area contributed by atoms with Gasteiger partial charge < -0.3 is 9.80 Å². The summed E-state index contributed by atoms with van der Waals surface area (Å²) in [5.41, 5.74) is 5.50. The van der Waals surface area contributed by atoms with Crippen LogP contribution in [0.25, 0.3) is 0 Å². The molecule has 0 atom stereocenters. The minimum absolute atomic E-state index is 0.830. The minimum atomic E-state index is 0.830. The summed E-state index contributed by atoms with van der Waals surface area (Å²) in [5, 5.41) is 0. The highest BCUT2D eigenvalue weighted by atomic mass is 15.3. The van der Waals surface area contributed by atoms with Crippen molar-refractivity contribution in [3.05, 3.63) is 77.5 Å². The first-order chi connectivity index (χ1) is 12.4. The Morgan fingerprint density at radius 2 is 1.52 bits per heavy atom. The number of hydrogen-bond donors (Lipinski definition) is 0. The largest absolute Gasteiger partial charge is 0.336 e. The van der Waals surface area contributed by atoms with Crippen molar-refractivity contribution in [2.75, 3.05) is 22.9 Å². The number of para-hydroxylation sites is 1. The summed E-state index contributed by atoms with van der Waals surface area (Å²) in [6.45, 7) is 2.84. The Hall–Kier alpha value is -2.88. The van der Waals surface area contributed by atoms with Gasteiger partial charge in [0.05, 0.1) is 0 Å². The number of hydrogen-bond acceptors (Lipinski definition) is 4. The van der Waals surface area contributed by atoms with E-state index in [1.165, 1.54) is 22.4 Å². The van der Waals surface area contributed by atoms with Gasteiger partial charge in [0.1, 0.15) is 5.82 Å². The highest BCUT2D eigenvalue weighted by molar-refractivity contribution is 5.67. The summed E-state index contributed by atoms with van der Waals surface area (Å²) in [7, 11) is 0. The first-order valence-electron chi connectivity index (χ1n) is 8.89. The van der Waals surface area contributed by atoms with E-state index in [4.69, 9.17) is 4.98 Å². The second kappa shape index (κ2) is 5.88. The topological polar surface area (TPSA) is 32.3 Å². The summed E-state index contributed by atoms with van der Waals surface area (Å²) >= 11 is 0. The van der Waals surface area contributed by atoms with Crippen LogP contribution in [0.2, 0.25) is 0 Å². The number of aromatic nitrogens is 2. The fourth-order valence-corrected chi connectivity index (χ4v) is 3.88. The molecule has 0 fully saturated rings. The van der Waals surface area contributed by atoms with Crippen LogP contribution >= 0.6 is 0 Å². The molecule has 0 saturated heterocycles. The molecule has 3 aromatic rings. The van der Waals surface area contributed by atoms with Crippen molar-refractivity contribution in [2.45, 2.75) is 19.4 Å². The molecule has 4 nitrogen and oxygen atoms in total. The van der Waals surface area contributed by atoms with Gasteiger partial charge in [0.2, 0.25) is 5.95 Å². The third kappa shape index (κ3) is 2.54. The maximum Gasteiger partial charge on any atom is 0.227 e. The molecular formula is C21H20N4. The zero-order valence-electron chi connectivity index (χ0n) is 14.1. The van der Waals surface area contributed by atoms with Crippen LogP contribution in [0, 0.1) is 0 Å². The van der Waals surface area contributed by atoms with E-state index >= 15 is 0 Å². The monoisotopic (exact) mass is 328 g/mol. The Morgan fingerprint density at radius 3 is 2.44 bits per heavy atom. The molecule has 124 valence electrons. The molecule has 25 heavy (non-hydrogen) atoms. The Morgan fingerprint density at radius 1 is 0.760 bits per heavy atom. The third-order valence-electron chi connectivity index (χ3n) is 5.21. The normalized spacial score (nSPS) is 15.8. The van der Waals surface area contributed by atoms with E-state index < -0.39 is 0 Å². The lowest BCUT2D eigenvalue weighted by Gasteiger charge is -2.29. The van der Waals surface area contributed by atoms with E-state index in [2.05, 4.69) is 63.3 Å². The van der Waals surface area contributed by atoms with E-state index in [1.54, 1.807) is 0 Å². The maximum absolute atomic E-state index is 4.89. The summed E-state index contributed by atoms with van der Waals surface area (Å²) in [6.07, 6.45) is 4.02. The smallest absolute Gasteiger partial charge is 0.227 e. The number of benzene rings is 2. The van der Waals surface area contributed by atoms with Crippen LogP contribution in [-0.2, 0) is 19.4 Å². The zero-order chi connectivity index (χ0) is 16.6. The molecule has 0 unspecified atom stereocenters. The number of fused-ring (bicyclic) bond motifs is 2. The van der Waals surface area contributed by atoms with Crippen molar-refractivity contribution >= 4 is 17.5 Å². The van der Waals surface area contributed by atoms with Gasteiger partial charge in [0.15, 0.2) is 0 Å². The van der Waals surface area contributed by atoms with Gasteiger partial charge in [-0.1, -0.05) is 42.5 Å². The quantitative estimate of drug-likeness (QED) is 0.717. The van der Waals surface area contributed by atoms with Crippen molar-refractivity contribution in [2.24, 2.45) is 0 Å². The van der Waals surface area contributed by atoms with Gasteiger partial charge in [-0.25, -0.2) is 4.98 Å². The minimum Gasteiger partial charge on any atom is -0.336 e. The maximum atomic E-state index is 4.89. The molecule has 0 amide bonds. The zero-order valence-corrected chi connectivity index (χ0v) is 14.1. The summed E-state index contributed by atoms with van der Waals surface area (Å²) < 4.78 is 0. The van der Waals surface area contributed by atoms with E-state index in [0.29, 0.717) is 0 Å². The van der Waals surface area contributed by atoms with Crippen molar-refractivity contribution < 1.29 is 0 Å². The Kier molecular flexibility index (Phi) is 3.40.